The molecule has 0 saturated carbocycles. The van der Waals surface area contributed by atoms with Crippen molar-refractivity contribution in [2.75, 3.05) is 6.54 Å². The van der Waals surface area contributed by atoms with E-state index in [2.05, 4.69) is 30.7 Å². The first-order chi connectivity index (χ1) is 17.5. The molecule has 2 atom stereocenters. The number of hydrogen-bond acceptors (Lipinski definition) is 5. The molecule has 2 N–H and O–H groups in total. The Hall–Kier alpha value is -2.84. The van der Waals surface area contributed by atoms with E-state index in [0.29, 0.717) is 18.5 Å². The van der Waals surface area contributed by atoms with Gasteiger partial charge in [-0.3, -0.25) is 4.98 Å². The smallest absolute Gasteiger partial charge is 0.410 e. The molecule has 0 spiro atoms. The Morgan fingerprint density at radius 3 is 2.43 bits per heavy atom. The zero-order valence-corrected chi connectivity index (χ0v) is 24.4. The van der Waals surface area contributed by atoms with E-state index in [0.717, 1.165) is 34.6 Å². The molecule has 7 nitrogen and oxygen atoms in total. The molecule has 1 aromatic carbocycles. The molecule has 0 saturated heterocycles. The molecule has 0 unspecified atom stereocenters. The maximum Gasteiger partial charge on any atom is 0.410 e. The summed E-state index contributed by atoms with van der Waals surface area (Å²) in [4.78, 5) is 22.9. The molecule has 0 aliphatic rings. The lowest BCUT2D eigenvalue weighted by Gasteiger charge is -2.38. The van der Waals surface area contributed by atoms with Crippen LogP contribution >= 0.6 is 0 Å². The number of carbonyl (C=O) groups is 1. The van der Waals surface area contributed by atoms with E-state index in [-0.39, 0.29) is 24.0 Å². The monoisotopic (exact) mass is 525 g/mol. The van der Waals surface area contributed by atoms with E-state index in [1.165, 1.54) is 0 Å². The number of ether oxygens (including phenoxy) is 1. The maximum atomic E-state index is 13.6. The highest BCUT2D eigenvalue weighted by atomic mass is 28.4. The molecular weight excluding hydrogens is 482 g/mol. The molecule has 202 valence electrons. The van der Waals surface area contributed by atoms with Crippen LogP contribution in [0, 0.1) is 0 Å². The topological polar surface area (TPSA) is 87.7 Å². The number of benzene rings is 1. The number of phenolic OH excluding ortho intramolecular Hbond substituents is 1. The number of carbonyl (C=O) groups excluding carboxylic acids is 1. The van der Waals surface area contributed by atoms with Crippen molar-refractivity contribution < 1.29 is 19.1 Å². The van der Waals surface area contributed by atoms with E-state index < -0.39 is 13.9 Å². The lowest BCUT2D eigenvalue weighted by molar-refractivity contribution is 0.00698. The van der Waals surface area contributed by atoms with Gasteiger partial charge in [0, 0.05) is 30.0 Å². The van der Waals surface area contributed by atoms with Crippen molar-refractivity contribution >= 4 is 25.3 Å². The fraction of sp³-hybridized carbons (Fsp3) is 0.517. The average Bonchev–Trinajstić information content (AvgIpc) is 3.28. The molecule has 2 heterocycles. The van der Waals surface area contributed by atoms with Gasteiger partial charge in [-0.1, -0.05) is 39.0 Å². The highest BCUT2D eigenvalue weighted by Gasteiger charge is 2.36. The fourth-order valence-corrected chi connectivity index (χ4v) is 7.62. The summed E-state index contributed by atoms with van der Waals surface area (Å²) in [7, 11) is -1.99. The van der Waals surface area contributed by atoms with Crippen LogP contribution in [0.1, 0.15) is 65.7 Å². The number of amides is 1. The molecule has 0 aliphatic carbocycles. The molecule has 8 heteroatoms. The summed E-state index contributed by atoms with van der Waals surface area (Å²) < 4.78 is 12.8. The Labute approximate surface area is 222 Å². The SMILES string of the molecule is CC[Si](CC)(CC)O[C@@H](CN(C(=O)OC(C)(C)C)[C@H](C)Cc1c[nH]c2c(O)cccc12)c1cccnc1. The number of aromatic amines is 1. The number of nitrogens with zero attached hydrogens (tertiary/aromatic N) is 2. The molecule has 3 aromatic rings. The third kappa shape index (κ3) is 7.14. The summed E-state index contributed by atoms with van der Waals surface area (Å²) in [6.45, 7) is 14.7. The number of aromatic nitrogens is 2. The van der Waals surface area contributed by atoms with Crippen molar-refractivity contribution in [1.82, 2.24) is 14.9 Å². The van der Waals surface area contributed by atoms with Gasteiger partial charge in [0.15, 0.2) is 8.32 Å². The third-order valence-corrected chi connectivity index (χ3v) is 11.8. The Kier molecular flexibility index (Phi) is 9.42. The van der Waals surface area contributed by atoms with E-state index in [4.69, 9.17) is 9.16 Å². The Morgan fingerprint density at radius 2 is 1.84 bits per heavy atom. The second-order valence-corrected chi connectivity index (χ2v) is 15.6. The summed E-state index contributed by atoms with van der Waals surface area (Å²) in [5.74, 6) is 0.213. The number of nitrogens with one attached hydrogen (secondary N) is 1. The van der Waals surface area contributed by atoms with Crippen molar-refractivity contribution in [2.45, 2.75) is 90.8 Å². The minimum atomic E-state index is -1.99. The van der Waals surface area contributed by atoms with Crippen molar-refractivity contribution in [3.63, 3.8) is 0 Å². The first kappa shape index (κ1) is 28.7. The van der Waals surface area contributed by atoms with Gasteiger partial charge >= 0.3 is 6.09 Å². The lowest BCUT2D eigenvalue weighted by Crippen LogP contribution is -2.47. The van der Waals surface area contributed by atoms with Gasteiger partial charge < -0.3 is 24.2 Å². The van der Waals surface area contributed by atoms with Gasteiger partial charge in [0.05, 0.1) is 18.2 Å². The van der Waals surface area contributed by atoms with Gasteiger partial charge in [-0.05, 0) is 75.5 Å². The molecule has 0 radical (unpaired) electrons. The van der Waals surface area contributed by atoms with Crippen molar-refractivity contribution in [3.05, 3.63) is 60.0 Å². The van der Waals surface area contributed by atoms with Crippen LogP contribution in [0.4, 0.5) is 4.79 Å². The second kappa shape index (κ2) is 12.1. The highest BCUT2D eigenvalue weighted by molar-refractivity contribution is 6.73. The second-order valence-electron chi connectivity index (χ2n) is 10.8. The van der Waals surface area contributed by atoms with Crippen LogP contribution in [-0.2, 0) is 15.6 Å². The Balaban J connectivity index is 1.97. The molecule has 1 amide bonds. The number of H-pyrrole nitrogens is 1. The standard InChI is InChI=1S/C29H43N3O4Si/c1-8-37(9-2,10-3)36-26(22-13-12-16-30-18-22)20-32(28(34)35-29(5,6)7)21(4)17-23-19-31-27-24(23)14-11-15-25(27)33/h11-16,18-19,21,26,31,33H,8-10,17,20H2,1-7H3/t21-,26+/m1/s1. The largest absolute Gasteiger partial charge is 0.506 e. The van der Waals surface area contributed by atoms with Crippen LogP contribution in [0.25, 0.3) is 10.9 Å². The molecule has 37 heavy (non-hydrogen) atoms. The zero-order chi connectivity index (χ0) is 27.2. The summed E-state index contributed by atoms with van der Waals surface area (Å²) in [6.07, 6.45) is 5.43. The van der Waals surface area contributed by atoms with E-state index in [9.17, 15) is 9.90 Å². The normalized spacial score (nSPS) is 13.9. The van der Waals surface area contributed by atoms with Crippen LogP contribution in [0.15, 0.2) is 48.9 Å². The molecule has 0 bridgehead atoms. The molecule has 0 aliphatic heterocycles. The average molecular weight is 526 g/mol. The third-order valence-electron chi connectivity index (χ3n) is 7.20. The van der Waals surface area contributed by atoms with Crippen LogP contribution in [0.5, 0.6) is 5.75 Å². The van der Waals surface area contributed by atoms with Gasteiger partial charge in [0.1, 0.15) is 11.4 Å². The van der Waals surface area contributed by atoms with Crippen molar-refractivity contribution in [3.8, 4) is 5.75 Å². The zero-order valence-electron chi connectivity index (χ0n) is 23.4. The van der Waals surface area contributed by atoms with E-state index in [1.54, 1.807) is 17.2 Å². The quantitative estimate of drug-likeness (QED) is 0.258. The summed E-state index contributed by atoms with van der Waals surface area (Å²) in [5, 5.41) is 11.2. The summed E-state index contributed by atoms with van der Waals surface area (Å²) in [6, 6.07) is 12.3. The van der Waals surface area contributed by atoms with Crippen LogP contribution < -0.4 is 0 Å². The molecule has 0 fully saturated rings. The fourth-order valence-electron chi connectivity index (χ4n) is 4.81. The van der Waals surface area contributed by atoms with Crippen LogP contribution in [-0.4, -0.2) is 52.6 Å². The van der Waals surface area contributed by atoms with E-state index >= 15 is 0 Å². The predicted molar refractivity (Wildman–Crippen MR) is 151 cm³/mol. The first-order valence-corrected chi connectivity index (χ1v) is 15.9. The summed E-state index contributed by atoms with van der Waals surface area (Å²) >= 11 is 0. The molecule has 3 rings (SSSR count). The van der Waals surface area contributed by atoms with Gasteiger partial charge in [-0.25, -0.2) is 4.79 Å². The Morgan fingerprint density at radius 1 is 1.14 bits per heavy atom. The Bertz CT molecular complexity index is 1150. The minimum Gasteiger partial charge on any atom is -0.506 e. The van der Waals surface area contributed by atoms with Crippen LogP contribution in [0.3, 0.4) is 0 Å². The van der Waals surface area contributed by atoms with Crippen molar-refractivity contribution in [1.29, 1.82) is 0 Å². The number of pyridine rings is 1. The maximum absolute atomic E-state index is 13.6. The number of rotatable bonds is 11. The molecular formula is C29H43N3O4Si. The number of phenols is 1. The number of para-hydroxylation sites is 1. The lowest BCUT2D eigenvalue weighted by atomic mass is 10.0. The van der Waals surface area contributed by atoms with Gasteiger partial charge in [-0.15, -0.1) is 0 Å². The van der Waals surface area contributed by atoms with Crippen LogP contribution in [0.2, 0.25) is 18.1 Å². The number of aromatic hydroxyl groups is 1. The van der Waals surface area contributed by atoms with Gasteiger partial charge in [0.25, 0.3) is 0 Å². The number of fused-ring (bicyclic) bond motifs is 1. The predicted octanol–water partition coefficient (Wildman–Crippen LogP) is 7.20. The highest BCUT2D eigenvalue weighted by Crippen LogP contribution is 2.32. The molecule has 2 aromatic heterocycles. The summed E-state index contributed by atoms with van der Waals surface area (Å²) in [5.41, 5.74) is 2.08. The first-order valence-electron chi connectivity index (χ1n) is 13.4. The van der Waals surface area contributed by atoms with Gasteiger partial charge in [-0.2, -0.15) is 0 Å². The minimum absolute atomic E-state index is 0.181. The number of hydrogen-bond donors (Lipinski definition) is 2. The van der Waals surface area contributed by atoms with E-state index in [1.807, 2.05) is 64.4 Å². The van der Waals surface area contributed by atoms with Gasteiger partial charge in [0.2, 0.25) is 0 Å². The van der Waals surface area contributed by atoms with Crippen molar-refractivity contribution in [2.24, 2.45) is 0 Å².